The summed E-state index contributed by atoms with van der Waals surface area (Å²) in [5.41, 5.74) is -2.40. The van der Waals surface area contributed by atoms with Gasteiger partial charge in [0.1, 0.15) is 22.8 Å². The van der Waals surface area contributed by atoms with Crippen molar-refractivity contribution in [2.75, 3.05) is 0 Å². The van der Waals surface area contributed by atoms with Crippen molar-refractivity contribution in [1.29, 1.82) is 0 Å². The molecule has 30 heavy (non-hydrogen) atoms. The van der Waals surface area contributed by atoms with E-state index in [1.165, 1.54) is 0 Å². The second kappa shape index (κ2) is 8.78. The summed E-state index contributed by atoms with van der Waals surface area (Å²) in [7, 11) is 0. The molecular weight excluding hydrogens is 390 g/mol. The fourth-order valence-electron chi connectivity index (χ4n) is 3.04. The maximum atomic E-state index is 12.9. The topological polar surface area (TPSA) is 108 Å². The lowest BCUT2D eigenvalue weighted by Crippen LogP contribution is -2.48. The summed E-state index contributed by atoms with van der Waals surface area (Å²) < 4.78 is 16.1. The lowest BCUT2D eigenvalue weighted by atomic mass is 10.1. The van der Waals surface area contributed by atoms with E-state index in [4.69, 9.17) is 14.2 Å². The van der Waals surface area contributed by atoms with Gasteiger partial charge in [0, 0.05) is 11.8 Å². The number of carbonyl (C=O) groups excluding carboxylic acids is 4. The highest BCUT2D eigenvalue weighted by Crippen LogP contribution is 2.51. The molecule has 0 aromatic heterocycles. The fraction of sp³-hybridized carbons (Fsp3) is 0.727. The number of hydrogen-bond acceptors (Lipinski definition) is 7. The summed E-state index contributed by atoms with van der Waals surface area (Å²) in [5.74, 6) is -4.35. The van der Waals surface area contributed by atoms with Crippen LogP contribution < -0.4 is 5.32 Å². The molecule has 0 aliphatic heterocycles. The molecule has 8 nitrogen and oxygen atoms in total. The van der Waals surface area contributed by atoms with Gasteiger partial charge in [-0.05, 0) is 68.4 Å². The van der Waals surface area contributed by atoms with E-state index in [0.717, 1.165) is 6.08 Å². The van der Waals surface area contributed by atoms with Gasteiger partial charge in [-0.1, -0.05) is 6.58 Å². The van der Waals surface area contributed by atoms with E-state index >= 15 is 0 Å². The molecule has 8 heteroatoms. The van der Waals surface area contributed by atoms with Crippen molar-refractivity contribution in [3.05, 3.63) is 12.7 Å². The molecule has 0 aromatic carbocycles. The Morgan fingerprint density at radius 3 is 1.67 bits per heavy atom. The van der Waals surface area contributed by atoms with Gasteiger partial charge in [-0.2, -0.15) is 0 Å². The van der Waals surface area contributed by atoms with Crippen LogP contribution >= 0.6 is 0 Å². The number of ether oxygens (including phenoxy) is 3. The van der Waals surface area contributed by atoms with E-state index in [0.29, 0.717) is 0 Å². The van der Waals surface area contributed by atoms with E-state index in [1.54, 1.807) is 62.3 Å². The number of ketones is 1. The Balaban J connectivity index is 3.22. The number of rotatable bonds is 6. The van der Waals surface area contributed by atoms with Crippen molar-refractivity contribution in [2.45, 2.75) is 85.2 Å². The van der Waals surface area contributed by atoms with Gasteiger partial charge in [-0.15, -0.1) is 0 Å². The summed E-state index contributed by atoms with van der Waals surface area (Å²) >= 11 is 0. The number of nitrogens with one attached hydrogen (secondary N) is 1. The molecule has 4 unspecified atom stereocenters. The number of esters is 2. The van der Waals surface area contributed by atoms with Gasteiger partial charge in [0.05, 0.1) is 5.92 Å². The van der Waals surface area contributed by atoms with Crippen LogP contribution in [0.1, 0.15) is 62.3 Å². The van der Waals surface area contributed by atoms with Gasteiger partial charge < -0.3 is 19.5 Å². The molecule has 1 aliphatic rings. The molecule has 0 spiro atoms. The Morgan fingerprint density at radius 2 is 1.27 bits per heavy atom. The largest absolute Gasteiger partial charge is 0.460 e. The highest BCUT2D eigenvalue weighted by atomic mass is 16.6. The Bertz CT molecular complexity index is 706. The van der Waals surface area contributed by atoms with E-state index in [2.05, 4.69) is 11.9 Å². The van der Waals surface area contributed by atoms with Crippen LogP contribution in [0.15, 0.2) is 12.7 Å². The third-order valence-electron chi connectivity index (χ3n) is 4.00. The Kier molecular flexibility index (Phi) is 7.51. The summed E-state index contributed by atoms with van der Waals surface area (Å²) in [6.07, 6.45) is 0.250. The summed E-state index contributed by atoms with van der Waals surface area (Å²) in [5, 5.41) is 2.48. The van der Waals surface area contributed by atoms with Gasteiger partial charge in [-0.3, -0.25) is 9.59 Å². The number of hydrogen-bond donors (Lipinski definition) is 1. The third-order valence-corrected chi connectivity index (χ3v) is 4.00. The second-order valence-corrected chi connectivity index (χ2v) is 10.4. The first-order valence-corrected chi connectivity index (χ1v) is 9.98. The monoisotopic (exact) mass is 425 g/mol. The Morgan fingerprint density at radius 1 is 0.800 bits per heavy atom. The van der Waals surface area contributed by atoms with Crippen molar-refractivity contribution in [3.8, 4) is 0 Å². The van der Waals surface area contributed by atoms with Crippen LogP contribution in [0.3, 0.4) is 0 Å². The minimum Gasteiger partial charge on any atom is -0.460 e. The van der Waals surface area contributed by atoms with Crippen molar-refractivity contribution in [2.24, 2.45) is 17.8 Å². The summed E-state index contributed by atoms with van der Waals surface area (Å²) in [4.78, 5) is 50.3. The smallest absolute Gasteiger partial charge is 0.408 e. The van der Waals surface area contributed by atoms with E-state index in [-0.39, 0.29) is 0 Å². The van der Waals surface area contributed by atoms with Gasteiger partial charge in [0.15, 0.2) is 5.78 Å². The molecule has 4 atom stereocenters. The van der Waals surface area contributed by atoms with Gasteiger partial charge in [0.2, 0.25) is 0 Å². The molecule has 0 aromatic rings. The molecule has 0 bridgehead atoms. The SMILES string of the molecule is C=CC(=O)C1C(C(=O)OC(C)(C)C)C1C(NC(=O)OC(C)(C)C)C(=O)OC(C)(C)C. The molecule has 1 rings (SSSR count). The van der Waals surface area contributed by atoms with Crippen LogP contribution in [-0.4, -0.2) is 46.7 Å². The van der Waals surface area contributed by atoms with Gasteiger partial charge in [0.25, 0.3) is 0 Å². The van der Waals surface area contributed by atoms with Crippen molar-refractivity contribution in [1.82, 2.24) is 5.32 Å². The maximum Gasteiger partial charge on any atom is 0.408 e. The predicted octanol–water partition coefficient (Wildman–Crippen LogP) is 3.18. The molecule has 0 saturated heterocycles. The molecule has 1 saturated carbocycles. The molecule has 1 fully saturated rings. The predicted molar refractivity (Wildman–Crippen MR) is 111 cm³/mol. The Hall–Kier alpha value is -2.38. The lowest BCUT2D eigenvalue weighted by molar-refractivity contribution is -0.159. The fourth-order valence-corrected chi connectivity index (χ4v) is 3.04. The third kappa shape index (κ3) is 7.80. The Labute approximate surface area is 178 Å². The van der Waals surface area contributed by atoms with Crippen LogP contribution in [0.2, 0.25) is 0 Å². The first kappa shape index (κ1) is 25.7. The van der Waals surface area contributed by atoms with E-state index in [1.807, 2.05) is 0 Å². The number of carbonyl (C=O) groups is 4. The van der Waals surface area contributed by atoms with Crippen LogP contribution in [-0.2, 0) is 28.6 Å². The van der Waals surface area contributed by atoms with Crippen LogP contribution in [0, 0.1) is 17.8 Å². The average Bonchev–Trinajstić information content (AvgIpc) is 3.21. The quantitative estimate of drug-likeness (QED) is 0.395. The number of alkyl carbamates (subject to hydrolysis) is 1. The average molecular weight is 426 g/mol. The summed E-state index contributed by atoms with van der Waals surface area (Å²) in [6.45, 7) is 18.7. The van der Waals surface area contributed by atoms with Crippen LogP contribution in [0.4, 0.5) is 4.79 Å². The highest BCUT2D eigenvalue weighted by molar-refractivity contribution is 6.00. The van der Waals surface area contributed by atoms with Crippen LogP contribution in [0.5, 0.6) is 0 Å². The molecule has 170 valence electrons. The van der Waals surface area contributed by atoms with Crippen molar-refractivity contribution in [3.63, 3.8) is 0 Å². The lowest BCUT2D eigenvalue weighted by Gasteiger charge is -2.26. The minimum atomic E-state index is -1.26. The molecule has 0 radical (unpaired) electrons. The standard InChI is InChI=1S/C22H35NO7/c1-11-12(24)13-14(15(13)17(25)28-20(2,3)4)16(18(26)29-21(5,6)7)23-19(27)30-22(8,9)10/h11,13-16H,1H2,2-10H3,(H,23,27). The molecule has 1 amide bonds. The second-order valence-electron chi connectivity index (χ2n) is 10.4. The molecular formula is C22H35NO7. The van der Waals surface area contributed by atoms with Gasteiger partial charge >= 0.3 is 18.0 Å². The van der Waals surface area contributed by atoms with E-state index < -0.39 is 64.4 Å². The zero-order chi connectivity index (χ0) is 23.7. The first-order chi connectivity index (χ1) is 13.4. The zero-order valence-electron chi connectivity index (χ0n) is 19.5. The number of amides is 1. The maximum absolute atomic E-state index is 12.9. The van der Waals surface area contributed by atoms with Crippen molar-refractivity contribution < 1.29 is 33.4 Å². The van der Waals surface area contributed by atoms with Crippen LogP contribution in [0.25, 0.3) is 0 Å². The summed E-state index contributed by atoms with van der Waals surface area (Å²) in [6, 6.07) is -1.26. The minimum absolute atomic E-state index is 0.407. The molecule has 1 aliphatic carbocycles. The molecule has 0 heterocycles. The highest BCUT2D eigenvalue weighted by Gasteiger charge is 2.64. The number of allylic oxidation sites excluding steroid dienone is 1. The zero-order valence-corrected chi connectivity index (χ0v) is 19.5. The first-order valence-electron chi connectivity index (χ1n) is 9.98. The van der Waals surface area contributed by atoms with Crippen molar-refractivity contribution >= 4 is 23.8 Å². The molecule has 1 N–H and O–H groups in total. The normalized spacial score (nSPS) is 22.4. The van der Waals surface area contributed by atoms with Gasteiger partial charge in [-0.25, -0.2) is 9.59 Å². The van der Waals surface area contributed by atoms with E-state index in [9.17, 15) is 19.2 Å².